The first-order chi connectivity index (χ1) is 35.0. The van der Waals surface area contributed by atoms with E-state index in [0.29, 0.717) is 11.1 Å². The average molecular weight is 1020 g/mol. The number of nitrogens with zero attached hydrogens (tertiary/aromatic N) is 3. The minimum atomic E-state index is -2.07. The number of rotatable bonds is 25. The lowest BCUT2D eigenvalue weighted by atomic mass is 9.86. The molecule has 388 valence electrons. The van der Waals surface area contributed by atoms with Crippen molar-refractivity contribution in [2.45, 2.75) is 57.6 Å². The number of halogens is 1. The Bertz CT molecular complexity index is 2880. The number of esters is 1. The van der Waals surface area contributed by atoms with E-state index in [0.717, 1.165) is 6.07 Å². The van der Waals surface area contributed by atoms with E-state index < -0.39 is 95.3 Å². The number of hydrogen-bond donors (Lipinski definition) is 7. The second kappa shape index (κ2) is 23.9. The fourth-order valence-electron chi connectivity index (χ4n) is 8.43. The van der Waals surface area contributed by atoms with Gasteiger partial charge in [-0.25, -0.2) is 19.0 Å². The second-order valence-corrected chi connectivity index (χ2v) is 17.3. The zero-order valence-electron chi connectivity index (χ0n) is 39.8. The van der Waals surface area contributed by atoms with Crippen LogP contribution in [0.5, 0.6) is 0 Å². The lowest BCUT2D eigenvalue weighted by molar-refractivity contribution is -0.792. The number of aliphatic hydroxyl groups excluding tert-OH is 1. The highest BCUT2D eigenvalue weighted by Crippen LogP contribution is 2.41. The smallest absolute Gasteiger partial charge is 0.343 e. The number of ether oxygens (including phenoxy) is 4. The molecule has 0 fully saturated rings. The van der Waals surface area contributed by atoms with Crippen LogP contribution in [0.3, 0.4) is 0 Å². The van der Waals surface area contributed by atoms with Gasteiger partial charge in [0.2, 0.25) is 29.5 Å². The van der Waals surface area contributed by atoms with Gasteiger partial charge in [-0.1, -0.05) is 37.3 Å². The Morgan fingerprint density at radius 1 is 0.890 bits per heavy atom. The Morgan fingerprint density at radius 3 is 2.27 bits per heavy atom. The molecular weight excluding hydrogens is 960 g/mol. The second-order valence-electron chi connectivity index (χ2n) is 17.3. The van der Waals surface area contributed by atoms with E-state index in [1.165, 1.54) is 28.9 Å². The zero-order chi connectivity index (χ0) is 52.3. The lowest BCUT2D eigenvalue weighted by Crippen LogP contribution is -2.52. The number of aliphatic hydroxyl groups is 2. The van der Waals surface area contributed by atoms with Crippen molar-refractivity contribution in [3.63, 3.8) is 0 Å². The quantitative estimate of drug-likeness (QED) is 0.0169. The van der Waals surface area contributed by atoms with Crippen LogP contribution in [-0.4, -0.2) is 144 Å². The number of hydroxylamine groups is 3. The molecule has 3 atom stereocenters. The number of aromatic nitrogens is 2. The molecule has 73 heavy (non-hydrogen) atoms. The minimum absolute atomic E-state index is 0.0109. The van der Waals surface area contributed by atoms with Crippen LogP contribution in [0.2, 0.25) is 0 Å². The number of carbonyl (C=O) groups is 7. The number of hydrogen-bond acceptors (Lipinski definition) is 16. The van der Waals surface area contributed by atoms with Crippen molar-refractivity contribution in [2.24, 2.45) is 0 Å². The Labute approximate surface area is 416 Å². The summed E-state index contributed by atoms with van der Waals surface area (Å²) >= 11 is 0. The number of pyridine rings is 2. The minimum Gasteiger partial charge on any atom is -0.625 e. The predicted molar refractivity (Wildman–Crippen MR) is 255 cm³/mol. The molecule has 7 N–H and O–H groups in total. The number of anilines is 1. The summed E-state index contributed by atoms with van der Waals surface area (Å²) in [5, 5.41) is 46.4. The van der Waals surface area contributed by atoms with Gasteiger partial charge in [0.15, 0.2) is 5.60 Å². The third kappa shape index (κ3) is 12.7. The number of cyclic esters (lactones) is 1. The molecule has 0 radical (unpaired) electrons. The molecule has 6 amide bonds. The fraction of sp³-hybridized carbons (Fsp3) is 0.408. The highest BCUT2D eigenvalue weighted by atomic mass is 19.1. The van der Waals surface area contributed by atoms with Gasteiger partial charge in [0.05, 0.1) is 101 Å². The Balaban J connectivity index is 0.857. The van der Waals surface area contributed by atoms with Crippen molar-refractivity contribution in [2.75, 3.05) is 77.7 Å². The van der Waals surface area contributed by atoms with Crippen molar-refractivity contribution in [3.8, 4) is 11.4 Å². The maximum Gasteiger partial charge on any atom is 0.343 e. The van der Waals surface area contributed by atoms with E-state index in [9.17, 15) is 53.8 Å². The summed E-state index contributed by atoms with van der Waals surface area (Å²) in [4.78, 5) is 107. The predicted octanol–water partition coefficient (Wildman–Crippen LogP) is -0.423. The first-order valence-corrected chi connectivity index (χ1v) is 23.4. The van der Waals surface area contributed by atoms with Crippen molar-refractivity contribution in [3.05, 3.63) is 110 Å². The van der Waals surface area contributed by atoms with E-state index in [-0.39, 0.29) is 130 Å². The average Bonchev–Trinajstić information content (AvgIpc) is 3.92. The monoisotopic (exact) mass is 1010 g/mol. The molecule has 2 aromatic carbocycles. The summed E-state index contributed by atoms with van der Waals surface area (Å²) in [6, 6.07) is 11.2. The van der Waals surface area contributed by atoms with Crippen molar-refractivity contribution in [1.29, 1.82) is 0 Å². The van der Waals surface area contributed by atoms with Crippen LogP contribution in [0.1, 0.15) is 47.6 Å². The summed E-state index contributed by atoms with van der Waals surface area (Å²) in [6.45, 7) is 0.0672. The molecule has 24 heteroatoms. The maximum absolute atomic E-state index is 15.7. The van der Waals surface area contributed by atoms with Gasteiger partial charge in [-0.2, -0.15) is 0 Å². The van der Waals surface area contributed by atoms with E-state index in [2.05, 4.69) is 31.6 Å². The summed E-state index contributed by atoms with van der Waals surface area (Å²) in [5.74, 6) is -5.87. The maximum atomic E-state index is 15.7. The normalized spacial score (nSPS) is 17.8. The molecule has 4 aromatic rings. The van der Waals surface area contributed by atoms with Gasteiger partial charge in [0, 0.05) is 41.5 Å². The summed E-state index contributed by atoms with van der Waals surface area (Å²) in [5.41, 5.74) is -0.788. The molecule has 23 nitrogen and oxygen atoms in total. The summed E-state index contributed by atoms with van der Waals surface area (Å²) < 4.78 is 37.3. The number of nitrogens with one attached hydrogen (secondary N) is 5. The topological polar surface area (TPSA) is 315 Å². The fourth-order valence-corrected chi connectivity index (χ4v) is 8.43. The van der Waals surface area contributed by atoms with Crippen LogP contribution in [0.15, 0.2) is 65.5 Å². The molecular formula is C49H55FN8O15. The van der Waals surface area contributed by atoms with E-state index >= 15 is 4.39 Å². The Morgan fingerprint density at radius 2 is 1.58 bits per heavy atom. The number of fused-ring (bicyclic) bond motifs is 5. The molecule has 0 saturated carbocycles. The first-order valence-electron chi connectivity index (χ1n) is 23.4. The molecule has 3 aliphatic rings. The Hall–Kier alpha value is -7.32. The number of amides is 6. The van der Waals surface area contributed by atoms with Crippen LogP contribution >= 0.6 is 0 Å². The molecule has 0 bridgehead atoms. The number of benzene rings is 2. The van der Waals surface area contributed by atoms with Crippen LogP contribution in [-0.2, 0) is 84.3 Å². The highest BCUT2D eigenvalue weighted by Gasteiger charge is 2.45. The number of quaternary nitrogens is 1. The largest absolute Gasteiger partial charge is 0.625 e. The van der Waals surface area contributed by atoms with Gasteiger partial charge in [-0.05, 0) is 35.8 Å². The third-order valence-electron chi connectivity index (χ3n) is 12.5. The van der Waals surface area contributed by atoms with Crippen LogP contribution < -0.4 is 32.1 Å². The zero-order valence-corrected chi connectivity index (χ0v) is 39.8. The van der Waals surface area contributed by atoms with Gasteiger partial charge in [-0.3, -0.25) is 33.4 Å². The standard InChI is InChI=1S/C49H55FN8O15/c1-2-49(68)34-21-39-45-31(26-57(39)47(66)33(34)28-73-48(49)67)32(27-59)30-20-37(35(50)22-36(30)56-45)54-43(63)25-53-46(65)38(19-29-7-4-3-5-8-29)55-42(62)24-52-41(61)23-51-40(60)10-13-70-15-17-72-18-16-71-14-12-58(69)11-6-9-44(58)64/h3-9,20-22,38,59,68H,2,10-19,23-28H2,1H3,(H,51,60)(H,52,61)(H,53,65)(H,54,63)(H,55,62)/t38-,49-,58?/m0/s1. The third-order valence-corrected chi connectivity index (χ3v) is 12.5. The van der Waals surface area contributed by atoms with Crippen LogP contribution in [0, 0.1) is 11.0 Å². The molecule has 0 aliphatic carbocycles. The molecule has 5 heterocycles. The van der Waals surface area contributed by atoms with Crippen molar-refractivity contribution < 1.29 is 71.8 Å². The van der Waals surface area contributed by atoms with E-state index in [1.807, 2.05) is 0 Å². The van der Waals surface area contributed by atoms with Crippen LogP contribution in [0.25, 0.3) is 22.3 Å². The van der Waals surface area contributed by atoms with Gasteiger partial charge >= 0.3 is 11.9 Å². The molecule has 3 aliphatic heterocycles. The molecule has 0 spiro atoms. The van der Waals surface area contributed by atoms with Crippen molar-refractivity contribution >= 4 is 58.0 Å². The van der Waals surface area contributed by atoms with Crippen molar-refractivity contribution in [1.82, 2.24) is 30.8 Å². The molecule has 7 rings (SSSR count). The summed E-state index contributed by atoms with van der Waals surface area (Å²) in [6.07, 6.45) is 2.66. The summed E-state index contributed by atoms with van der Waals surface area (Å²) in [7, 11) is 0. The molecule has 1 unspecified atom stereocenters. The van der Waals surface area contributed by atoms with E-state index in [4.69, 9.17) is 18.9 Å². The molecule has 0 saturated heterocycles. The first kappa shape index (κ1) is 53.5. The van der Waals surface area contributed by atoms with Gasteiger partial charge in [0.1, 0.15) is 31.6 Å². The van der Waals surface area contributed by atoms with E-state index in [1.54, 1.807) is 37.3 Å². The van der Waals surface area contributed by atoms with Gasteiger partial charge < -0.3 is 65.5 Å². The Kier molecular flexibility index (Phi) is 17.5. The van der Waals surface area contributed by atoms with Gasteiger partial charge in [-0.15, -0.1) is 0 Å². The SMILES string of the molecule is CC[C@@]1(O)C(=O)OCc2c1cc1n(c2=O)Cc2c-1nc1cc(F)c(NC(=O)CNC(=O)[C@H](Cc3ccccc3)NC(=O)CNC(=O)CNC(=O)CCOCCOCCOCC[N+]3([O-])CC=CC3=O)cc1c2CO. The number of carbonyl (C=O) groups excluding carboxylic acids is 7. The lowest BCUT2D eigenvalue weighted by Gasteiger charge is -2.34. The molecule has 2 aromatic heterocycles. The van der Waals surface area contributed by atoms with Crippen LogP contribution in [0.4, 0.5) is 10.1 Å². The van der Waals surface area contributed by atoms with Gasteiger partial charge in [0.25, 0.3) is 5.56 Å². The highest BCUT2D eigenvalue weighted by molar-refractivity contribution is 5.99.